The lowest BCUT2D eigenvalue weighted by molar-refractivity contribution is 0.245. The third-order valence-electron chi connectivity index (χ3n) is 7.22. The summed E-state index contributed by atoms with van der Waals surface area (Å²) in [7, 11) is -2.45. The van der Waals surface area contributed by atoms with Gasteiger partial charge in [0.2, 0.25) is 0 Å². The van der Waals surface area contributed by atoms with E-state index in [1.807, 2.05) is 0 Å². The number of hydrogen-bond acceptors (Lipinski definition) is 3. The third-order valence-corrected chi connectivity index (χ3v) is 7.60. The van der Waals surface area contributed by atoms with Gasteiger partial charge in [-0.15, -0.1) is 0 Å². The zero-order valence-electron chi connectivity index (χ0n) is 25.3. The van der Waals surface area contributed by atoms with Gasteiger partial charge >= 0.3 is 8.60 Å². The van der Waals surface area contributed by atoms with E-state index in [2.05, 4.69) is 121 Å². The van der Waals surface area contributed by atoms with Crippen molar-refractivity contribution in [3.63, 3.8) is 0 Å². The summed E-state index contributed by atoms with van der Waals surface area (Å²) in [5, 5.41) is 0. The van der Waals surface area contributed by atoms with E-state index in [-0.39, 0.29) is 34.2 Å². The molecule has 0 aliphatic heterocycles. The number of rotatable bonds is 5. The lowest BCUT2D eigenvalue weighted by Crippen LogP contribution is -2.27. The Morgan fingerprint density at radius 1 is 0.611 bits per heavy atom. The Labute approximate surface area is 222 Å². The summed E-state index contributed by atoms with van der Waals surface area (Å²) < 4.78 is 5.60. The fraction of sp³-hybridized carbons (Fsp3) is 0.625. The van der Waals surface area contributed by atoms with Gasteiger partial charge in [0.05, 0.1) is 6.61 Å². The highest BCUT2D eigenvalue weighted by Gasteiger charge is 2.34. The van der Waals surface area contributed by atoms with Gasteiger partial charge in [-0.25, -0.2) is 0 Å². The summed E-state index contributed by atoms with van der Waals surface area (Å²) in [6.45, 7) is 31.9. The Kier molecular flexibility index (Phi) is 9.02. The zero-order valence-corrected chi connectivity index (χ0v) is 26.2. The molecule has 0 amide bonds. The molecule has 0 saturated heterocycles. The second-order valence-corrected chi connectivity index (χ2v) is 15.3. The molecule has 4 heteroatoms. The molecule has 0 heterocycles. The van der Waals surface area contributed by atoms with Crippen LogP contribution >= 0.6 is 8.60 Å². The van der Waals surface area contributed by atoms with Crippen LogP contribution in [0.4, 0.5) is 0 Å². The molecule has 202 valence electrons. The van der Waals surface area contributed by atoms with Gasteiger partial charge in [-0.2, -0.15) is 0 Å². The first-order valence-corrected chi connectivity index (χ1v) is 14.3. The minimum atomic E-state index is -2.45. The van der Waals surface area contributed by atoms with E-state index in [4.69, 9.17) is 4.52 Å². The molecule has 0 atom stereocenters. The van der Waals surface area contributed by atoms with Crippen LogP contribution in [0.1, 0.15) is 134 Å². The smallest absolute Gasteiger partial charge is 0.327 e. The summed E-state index contributed by atoms with van der Waals surface area (Å²) in [4.78, 5) is 19.5. The molecule has 2 N–H and O–H groups in total. The summed E-state index contributed by atoms with van der Waals surface area (Å²) in [6.07, 6.45) is 0. The molecule has 2 rings (SSSR count). The quantitative estimate of drug-likeness (QED) is 0.392. The van der Waals surface area contributed by atoms with Crippen molar-refractivity contribution >= 4 is 8.60 Å². The van der Waals surface area contributed by atoms with E-state index in [0.29, 0.717) is 0 Å². The Balaban J connectivity index is 3.01. The SMILES string of the molecule is Cc1c(C(C)(C)C)ccc(C(COP(O)O)c2ccc(C(C)(C)C)c(C)c2C(C)(C)C)c1C(C)(C)C. The highest BCUT2D eigenvalue weighted by molar-refractivity contribution is 7.39. The fourth-order valence-electron chi connectivity index (χ4n) is 6.15. The molecule has 0 aliphatic carbocycles. The van der Waals surface area contributed by atoms with Gasteiger partial charge in [0.15, 0.2) is 0 Å². The minimum Gasteiger partial charge on any atom is -0.328 e. The average Bonchev–Trinajstić information content (AvgIpc) is 2.63. The van der Waals surface area contributed by atoms with Crippen LogP contribution in [0.2, 0.25) is 0 Å². The minimum absolute atomic E-state index is 0.0284. The van der Waals surface area contributed by atoms with Crippen LogP contribution in [0.3, 0.4) is 0 Å². The lowest BCUT2D eigenvalue weighted by atomic mass is 9.68. The van der Waals surface area contributed by atoms with Crippen molar-refractivity contribution in [2.75, 3.05) is 6.61 Å². The van der Waals surface area contributed by atoms with Gasteiger partial charge in [-0.3, -0.25) is 0 Å². The molecule has 0 aliphatic rings. The van der Waals surface area contributed by atoms with E-state index in [1.54, 1.807) is 0 Å². The first-order valence-electron chi connectivity index (χ1n) is 13.2. The maximum Gasteiger partial charge on any atom is 0.327 e. The zero-order chi connectivity index (χ0) is 28.0. The predicted octanol–water partition coefficient (Wildman–Crippen LogP) is 8.85. The van der Waals surface area contributed by atoms with E-state index < -0.39 is 8.60 Å². The van der Waals surface area contributed by atoms with Crippen molar-refractivity contribution in [3.8, 4) is 0 Å². The second-order valence-electron chi connectivity index (χ2n) is 14.5. The fourth-order valence-corrected chi connectivity index (χ4v) is 6.43. The molecule has 0 spiro atoms. The first kappa shape index (κ1) is 31.0. The molecule has 0 radical (unpaired) electrons. The monoisotopic (exact) mass is 514 g/mol. The van der Waals surface area contributed by atoms with Crippen molar-refractivity contribution < 1.29 is 14.3 Å². The average molecular weight is 515 g/mol. The van der Waals surface area contributed by atoms with Gasteiger partial charge in [0.1, 0.15) is 0 Å². The van der Waals surface area contributed by atoms with Crippen LogP contribution in [0, 0.1) is 13.8 Å². The first-order chi connectivity index (χ1) is 16.1. The van der Waals surface area contributed by atoms with Gasteiger partial charge in [-0.05, 0) is 80.0 Å². The van der Waals surface area contributed by atoms with Gasteiger partial charge in [0, 0.05) is 5.92 Å². The van der Waals surface area contributed by atoms with Crippen LogP contribution < -0.4 is 0 Å². The molecule has 0 bridgehead atoms. The second kappa shape index (κ2) is 10.5. The molecule has 3 nitrogen and oxygen atoms in total. The van der Waals surface area contributed by atoms with E-state index in [9.17, 15) is 9.79 Å². The van der Waals surface area contributed by atoms with Crippen LogP contribution in [0.5, 0.6) is 0 Å². The topological polar surface area (TPSA) is 49.7 Å². The summed E-state index contributed by atoms with van der Waals surface area (Å²) in [5.41, 5.74) is 10.2. The largest absolute Gasteiger partial charge is 0.328 e. The molecule has 2 aromatic carbocycles. The highest BCUT2D eigenvalue weighted by atomic mass is 31.2. The van der Waals surface area contributed by atoms with Crippen LogP contribution in [-0.2, 0) is 26.2 Å². The van der Waals surface area contributed by atoms with Gasteiger partial charge in [-0.1, -0.05) is 107 Å². The van der Waals surface area contributed by atoms with E-state index >= 15 is 0 Å². The Bertz CT molecular complexity index is 990. The molecule has 0 fully saturated rings. The van der Waals surface area contributed by atoms with E-state index in [1.165, 1.54) is 44.5 Å². The maximum absolute atomic E-state index is 9.76. The number of hydrogen-bond donors (Lipinski definition) is 2. The van der Waals surface area contributed by atoms with E-state index in [0.717, 1.165) is 0 Å². The number of benzene rings is 2. The molecule has 0 saturated carbocycles. The standard InChI is InChI=1S/C32H51O3P/c1-20-25(29(3,4)5)17-15-22(27(20)31(9,10)11)24(19-35-36(33)34)23-16-18-26(30(6,7)8)21(2)28(23)32(12,13)14/h15-18,24,33-34H,19H2,1-14H3. The normalized spacial score (nSPS) is 13.7. The van der Waals surface area contributed by atoms with Crippen molar-refractivity contribution in [1.29, 1.82) is 0 Å². The predicted molar refractivity (Wildman–Crippen MR) is 156 cm³/mol. The molecular weight excluding hydrogens is 463 g/mol. The highest BCUT2D eigenvalue weighted by Crippen LogP contribution is 2.45. The third kappa shape index (κ3) is 6.79. The van der Waals surface area contributed by atoms with Crippen LogP contribution in [0.25, 0.3) is 0 Å². The van der Waals surface area contributed by atoms with Crippen LogP contribution in [-0.4, -0.2) is 16.4 Å². The van der Waals surface area contributed by atoms with Crippen LogP contribution in [0.15, 0.2) is 24.3 Å². The Morgan fingerprint density at radius 2 is 0.944 bits per heavy atom. The molecule has 0 aromatic heterocycles. The summed E-state index contributed by atoms with van der Waals surface area (Å²) in [6, 6.07) is 9.05. The summed E-state index contributed by atoms with van der Waals surface area (Å²) >= 11 is 0. The Morgan fingerprint density at radius 3 is 1.19 bits per heavy atom. The van der Waals surface area contributed by atoms with Crippen molar-refractivity contribution in [2.24, 2.45) is 0 Å². The van der Waals surface area contributed by atoms with Gasteiger partial charge < -0.3 is 14.3 Å². The van der Waals surface area contributed by atoms with Gasteiger partial charge in [0.25, 0.3) is 0 Å². The Hall–Kier alpha value is -1.25. The molecule has 36 heavy (non-hydrogen) atoms. The van der Waals surface area contributed by atoms with Crippen molar-refractivity contribution in [3.05, 3.63) is 68.8 Å². The maximum atomic E-state index is 9.76. The molecule has 2 aromatic rings. The van der Waals surface area contributed by atoms with Crippen molar-refractivity contribution in [1.82, 2.24) is 0 Å². The lowest BCUT2D eigenvalue weighted by Gasteiger charge is -2.37. The van der Waals surface area contributed by atoms with Crippen molar-refractivity contribution in [2.45, 2.75) is 125 Å². The molecule has 0 unspecified atom stereocenters. The molecular formula is C32H51O3P. The summed E-state index contributed by atoms with van der Waals surface area (Å²) in [5.74, 6) is -0.127.